The van der Waals surface area contributed by atoms with E-state index in [-0.39, 0.29) is 0 Å². The van der Waals surface area contributed by atoms with Crippen LogP contribution in [0.2, 0.25) is 5.15 Å². The van der Waals surface area contributed by atoms with Crippen LogP contribution < -0.4 is 5.32 Å². The molecule has 0 amide bonds. The predicted octanol–water partition coefficient (Wildman–Crippen LogP) is 4.78. The van der Waals surface area contributed by atoms with Gasteiger partial charge in [-0.2, -0.15) is 0 Å². The average Bonchev–Trinajstić information content (AvgIpc) is 2.97. The van der Waals surface area contributed by atoms with Crippen molar-refractivity contribution in [2.24, 2.45) is 0 Å². The van der Waals surface area contributed by atoms with Crippen molar-refractivity contribution in [3.05, 3.63) is 63.7 Å². The number of rotatable bonds is 4. The third-order valence-electron chi connectivity index (χ3n) is 3.15. The maximum atomic E-state index is 6.11. The number of aryl methyl sites for hydroxylation is 1. The molecule has 0 aliphatic carbocycles. The summed E-state index contributed by atoms with van der Waals surface area (Å²) in [6, 6.07) is 12.1. The van der Waals surface area contributed by atoms with Gasteiger partial charge >= 0.3 is 0 Å². The molecule has 0 radical (unpaired) electrons. The van der Waals surface area contributed by atoms with Crippen LogP contribution in [-0.2, 0) is 6.54 Å². The normalized spacial score (nSPS) is 10.6. The van der Waals surface area contributed by atoms with Crippen LogP contribution in [0.1, 0.15) is 10.6 Å². The fraction of sp³-hybridized carbons (Fsp3) is 0.125. The zero-order chi connectivity index (χ0) is 14.7. The van der Waals surface area contributed by atoms with E-state index < -0.39 is 0 Å². The topological polar surface area (TPSA) is 37.8 Å². The van der Waals surface area contributed by atoms with Crippen molar-refractivity contribution in [3.8, 4) is 11.3 Å². The number of pyridine rings is 1. The Hall–Kier alpha value is -1.91. The van der Waals surface area contributed by atoms with Gasteiger partial charge in [0.15, 0.2) is 5.15 Å². The van der Waals surface area contributed by atoms with E-state index in [1.165, 1.54) is 0 Å². The highest BCUT2D eigenvalue weighted by atomic mass is 35.5. The Bertz CT molecular complexity index is 720. The number of anilines is 1. The van der Waals surface area contributed by atoms with E-state index in [2.05, 4.69) is 32.8 Å². The number of hydrogen-bond donors (Lipinski definition) is 1. The van der Waals surface area contributed by atoms with Gasteiger partial charge in [0.1, 0.15) is 5.01 Å². The van der Waals surface area contributed by atoms with Gasteiger partial charge in [-0.25, -0.2) is 9.97 Å². The highest BCUT2D eigenvalue weighted by Crippen LogP contribution is 2.25. The van der Waals surface area contributed by atoms with Gasteiger partial charge in [-0.3, -0.25) is 0 Å². The van der Waals surface area contributed by atoms with Crippen LogP contribution in [0.15, 0.2) is 48.0 Å². The minimum Gasteiger partial charge on any atom is -0.376 e. The largest absolute Gasteiger partial charge is 0.376 e. The molecule has 106 valence electrons. The monoisotopic (exact) mass is 315 g/mol. The van der Waals surface area contributed by atoms with E-state index in [1.807, 2.05) is 31.2 Å². The van der Waals surface area contributed by atoms with E-state index in [0.717, 1.165) is 27.5 Å². The van der Waals surface area contributed by atoms with E-state index in [9.17, 15) is 0 Å². The quantitative estimate of drug-likeness (QED) is 0.704. The Balaban J connectivity index is 1.74. The van der Waals surface area contributed by atoms with Gasteiger partial charge in [0.05, 0.1) is 17.9 Å². The van der Waals surface area contributed by atoms with Crippen molar-refractivity contribution < 1.29 is 0 Å². The minimum atomic E-state index is 0.495. The molecule has 2 aromatic heterocycles. The molecule has 0 bridgehead atoms. The van der Waals surface area contributed by atoms with Crippen molar-refractivity contribution in [1.29, 1.82) is 0 Å². The maximum absolute atomic E-state index is 6.11. The van der Waals surface area contributed by atoms with Crippen LogP contribution in [0, 0.1) is 6.92 Å². The Morgan fingerprint density at radius 3 is 2.76 bits per heavy atom. The Morgan fingerprint density at radius 2 is 2.00 bits per heavy atom. The number of halogens is 1. The van der Waals surface area contributed by atoms with Crippen LogP contribution in [0.25, 0.3) is 11.3 Å². The van der Waals surface area contributed by atoms with Crippen LogP contribution >= 0.6 is 22.9 Å². The summed E-state index contributed by atoms with van der Waals surface area (Å²) >= 11 is 7.74. The SMILES string of the molecule is Cc1ccnc(Cl)c1NCc1nc(-c2ccccc2)cs1. The molecular formula is C16H14ClN3S. The zero-order valence-electron chi connectivity index (χ0n) is 11.5. The van der Waals surface area contributed by atoms with E-state index in [0.29, 0.717) is 11.7 Å². The Morgan fingerprint density at radius 1 is 1.19 bits per heavy atom. The molecule has 21 heavy (non-hydrogen) atoms. The summed E-state index contributed by atoms with van der Waals surface area (Å²) in [4.78, 5) is 8.74. The van der Waals surface area contributed by atoms with Crippen LogP contribution in [0.5, 0.6) is 0 Å². The van der Waals surface area contributed by atoms with Crippen molar-refractivity contribution in [1.82, 2.24) is 9.97 Å². The second-order valence-electron chi connectivity index (χ2n) is 4.64. The lowest BCUT2D eigenvalue weighted by Gasteiger charge is -2.08. The molecule has 0 unspecified atom stereocenters. The smallest absolute Gasteiger partial charge is 0.152 e. The Kier molecular flexibility index (Phi) is 4.18. The summed E-state index contributed by atoms with van der Waals surface area (Å²) in [6.45, 7) is 2.65. The molecule has 1 aromatic carbocycles. The van der Waals surface area contributed by atoms with Crippen LogP contribution in [0.4, 0.5) is 5.69 Å². The minimum absolute atomic E-state index is 0.495. The van der Waals surface area contributed by atoms with Gasteiger partial charge in [0.2, 0.25) is 0 Å². The second kappa shape index (κ2) is 6.24. The highest BCUT2D eigenvalue weighted by Gasteiger charge is 2.07. The molecule has 5 heteroatoms. The number of benzene rings is 1. The van der Waals surface area contributed by atoms with Crippen molar-refractivity contribution >= 4 is 28.6 Å². The number of hydrogen-bond acceptors (Lipinski definition) is 4. The maximum Gasteiger partial charge on any atom is 0.152 e. The van der Waals surface area contributed by atoms with Crippen LogP contribution in [-0.4, -0.2) is 9.97 Å². The summed E-state index contributed by atoms with van der Waals surface area (Å²) in [7, 11) is 0. The summed E-state index contributed by atoms with van der Waals surface area (Å²) in [5.74, 6) is 0. The molecule has 0 saturated heterocycles. The van der Waals surface area contributed by atoms with Gasteiger partial charge in [0.25, 0.3) is 0 Å². The first kappa shape index (κ1) is 14.0. The highest BCUT2D eigenvalue weighted by molar-refractivity contribution is 7.09. The standard InChI is InChI=1S/C16H14ClN3S/c1-11-7-8-18-16(17)15(11)19-9-14-20-13(10-21-14)12-5-3-2-4-6-12/h2-8,10,19H,9H2,1H3. The van der Waals surface area contributed by atoms with E-state index in [4.69, 9.17) is 11.6 Å². The van der Waals surface area contributed by atoms with Gasteiger partial charge in [-0.05, 0) is 18.6 Å². The molecule has 0 aliphatic rings. The summed E-state index contributed by atoms with van der Waals surface area (Å²) in [6.07, 6.45) is 1.71. The molecule has 0 saturated carbocycles. The third kappa shape index (κ3) is 3.23. The summed E-state index contributed by atoms with van der Waals surface area (Å²) in [5.41, 5.74) is 4.09. The first-order valence-electron chi connectivity index (χ1n) is 6.59. The fourth-order valence-corrected chi connectivity index (χ4v) is 3.05. The molecule has 3 rings (SSSR count). The summed E-state index contributed by atoms with van der Waals surface area (Å²) in [5, 5.41) is 6.91. The van der Waals surface area contributed by atoms with Gasteiger partial charge in [-0.1, -0.05) is 41.9 Å². The Labute approximate surface area is 132 Å². The number of aromatic nitrogens is 2. The van der Waals surface area contributed by atoms with Crippen molar-refractivity contribution in [3.63, 3.8) is 0 Å². The molecule has 0 spiro atoms. The van der Waals surface area contributed by atoms with E-state index in [1.54, 1.807) is 17.5 Å². The summed E-state index contributed by atoms with van der Waals surface area (Å²) < 4.78 is 0. The van der Waals surface area contributed by atoms with E-state index >= 15 is 0 Å². The molecule has 0 fully saturated rings. The van der Waals surface area contributed by atoms with Gasteiger partial charge in [0, 0.05) is 17.1 Å². The number of nitrogens with one attached hydrogen (secondary N) is 1. The first-order valence-corrected chi connectivity index (χ1v) is 7.84. The lowest BCUT2D eigenvalue weighted by Crippen LogP contribution is -2.02. The zero-order valence-corrected chi connectivity index (χ0v) is 13.1. The number of nitrogens with zero attached hydrogens (tertiary/aromatic N) is 2. The fourth-order valence-electron chi connectivity index (χ4n) is 2.04. The van der Waals surface area contributed by atoms with Gasteiger partial charge < -0.3 is 5.32 Å². The molecule has 1 N–H and O–H groups in total. The van der Waals surface area contributed by atoms with Crippen molar-refractivity contribution in [2.75, 3.05) is 5.32 Å². The molecule has 3 aromatic rings. The molecular weight excluding hydrogens is 302 g/mol. The lowest BCUT2D eigenvalue weighted by molar-refractivity contribution is 1.09. The second-order valence-corrected chi connectivity index (χ2v) is 5.94. The molecule has 0 aliphatic heterocycles. The third-order valence-corrected chi connectivity index (χ3v) is 4.29. The number of thiazole rings is 1. The molecule has 3 nitrogen and oxygen atoms in total. The lowest BCUT2D eigenvalue weighted by atomic mass is 10.2. The average molecular weight is 316 g/mol. The molecule has 2 heterocycles. The first-order chi connectivity index (χ1) is 10.2. The van der Waals surface area contributed by atoms with Gasteiger partial charge in [-0.15, -0.1) is 11.3 Å². The predicted molar refractivity (Wildman–Crippen MR) is 88.9 cm³/mol. The van der Waals surface area contributed by atoms with Crippen molar-refractivity contribution in [2.45, 2.75) is 13.5 Å². The van der Waals surface area contributed by atoms with Crippen LogP contribution in [0.3, 0.4) is 0 Å². The molecule has 0 atom stereocenters.